The number of ketones is 1. The van der Waals surface area contributed by atoms with Crippen LogP contribution < -0.4 is 0 Å². The van der Waals surface area contributed by atoms with Gasteiger partial charge in [0.15, 0.2) is 5.78 Å². The molecule has 1 rings (SSSR count). The normalized spacial score (nSPS) is 36.6. The number of carbonyl (C=O) groups excluding carboxylic acids is 1. The van der Waals surface area contributed by atoms with Crippen LogP contribution in [-0.2, 0) is 4.79 Å². The molecular formula is C10H16O2. The molecule has 1 aliphatic rings. The maximum atomic E-state index is 11.3. The highest BCUT2D eigenvalue weighted by atomic mass is 16.3. The van der Waals surface area contributed by atoms with Crippen LogP contribution in [0.4, 0.5) is 0 Å². The molecule has 0 saturated heterocycles. The fourth-order valence-corrected chi connectivity index (χ4v) is 1.56. The number of hydrogen-bond acceptors (Lipinski definition) is 2. The number of Topliss-reactive ketones (excluding diaryl/α,β-unsaturated/α-hetero) is 1. The number of carbonyl (C=O) groups is 1. The Morgan fingerprint density at radius 2 is 2.33 bits per heavy atom. The molecule has 0 aromatic heterocycles. The summed E-state index contributed by atoms with van der Waals surface area (Å²) in [5.41, 5.74) is -0.0229. The average Bonchev–Trinajstić information content (AvgIpc) is 1.94. The molecule has 1 saturated carbocycles. The van der Waals surface area contributed by atoms with Crippen molar-refractivity contribution in [1.82, 2.24) is 0 Å². The van der Waals surface area contributed by atoms with E-state index in [9.17, 15) is 9.90 Å². The van der Waals surface area contributed by atoms with Crippen LogP contribution in [0.1, 0.15) is 33.1 Å². The van der Waals surface area contributed by atoms with Gasteiger partial charge in [-0.05, 0) is 32.6 Å². The SMILES string of the molecule is C=C(C)[C@@H]1CC[C@@](C)(O)C(=O)C1. The lowest BCUT2D eigenvalue weighted by Gasteiger charge is -2.31. The van der Waals surface area contributed by atoms with Gasteiger partial charge in [0, 0.05) is 6.42 Å². The fraction of sp³-hybridized carbons (Fsp3) is 0.700. The minimum Gasteiger partial charge on any atom is -0.382 e. The maximum absolute atomic E-state index is 11.3. The molecule has 12 heavy (non-hydrogen) atoms. The summed E-state index contributed by atoms with van der Waals surface area (Å²) in [6.07, 6.45) is 1.92. The predicted molar refractivity (Wildman–Crippen MR) is 47.8 cm³/mol. The zero-order valence-electron chi connectivity index (χ0n) is 7.76. The second-order valence-corrected chi connectivity index (χ2v) is 3.98. The molecule has 1 aliphatic carbocycles. The van der Waals surface area contributed by atoms with Crippen LogP contribution in [0.25, 0.3) is 0 Å². The molecule has 0 aromatic carbocycles. The van der Waals surface area contributed by atoms with Crippen LogP contribution in [0.5, 0.6) is 0 Å². The van der Waals surface area contributed by atoms with E-state index < -0.39 is 5.60 Å². The van der Waals surface area contributed by atoms with Gasteiger partial charge in [-0.15, -0.1) is 0 Å². The summed E-state index contributed by atoms with van der Waals surface area (Å²) in [5.74, 6) is 0.250. The Bertz CT molecular complexity index is 216. The molecule has 0 heterocycles. The van der Waals surface area contributed by atoms with Crippen molar-refractivity contribution in [2.75, 3.05) is 0 Å². The van der Waals surface area contributed by atoms with Gasteiger partial charge >= 0.3 is 0 Å². The first-order valence-corrected chi connectivity index (χ1v) is 4.34. The van der Waals surface area contributed by atoms with Crippen molar-refractivity contribution in [1.29, 1.82) is 0 Å². The topological polar surface area (TPSA) is 37.3 Å². The number of allylic oxidation sites excluding steroid dienone is 1. The van der Waals surface area contributed by atoms with Crippen molar-refractivity contribution in [3.05, 3.63) is 12.2 Å². The van der Waals surface area contributed by atoms with Gasteiger partial charge in [0.1, 0.15) is 5.60 Å². The summed E-state index contributed by atoms with van der Waals surface area (Å²) >= 11 is 0. The van der Waals surface area contributed by atoms with Crippen molar-refractivity contribution in [2.45, 2.75) is 38.7 Å². The maximum Gasteiger partial charge on any atom is 0.164 e. The van der Waals surface area contributed by atoms with E-state index in [1.807, 2.05) is 6.92 Å². The molecule has 0 aromatic rings. The zero-order valence-corrected chi connectivity index (χ0v) is 7.76. The molecule has 0 amide bonds. The Hall–Kier alpha value is -0.630. The van der Waals surface area contributed by atoms with Crippen LogP contribution in [0.2, 0.25) is 0 Å². The van der Waals surface area contributed by atoms with Gasteiger partial charge in [-0.25, -0.2) is 0 Å². The summed E-state index contributed by atoms with van der Waals surface area (Å²) in [4.78, 5) is 11.3. The summed E-state index contributed by atoms with van der Waals surface area (Å²) in [7, 11) is 0. The second kappa shape index (κ2) is 3.02. The molecule has 0 radical (unpaired) electrons. The molecule has 0 aliphatic heterocycles. The van der Waals surface area contributed by atoms with E-state index in [4.69, 9.17) is 0 Å². The van der Waals surface area contributed by atoms with E-state index in [0.717, 1.165) is 12.0 Å². The van der Waals surface area contributed by atoms with Gasteiger partial charge in [-0.1, -0.05) is 12.2 Å². The lowest BCUT2D eigenvalue weighted by molar-refractivity contribution is -0.140. The number of aliphatic hydroxyl groups is 1. The van der Waals surface area contributed by atoms with Crippen LogP contribution in [0.3, 0.4) is 0 Å². The Balaban J connectivity index is 2.64. The van der Waals surface area contributed by atoms with Gasteiger partial charge in [-0.2, -0.15) is 0 Å². The van der Waals surface area contributed by atoms with E-state index in [-0.39, 0.29) is 11.7 Å². The lowest BCUT2D eigenvalue weighted by atomic mass is 9.76. The van der Waals surface area contributed by atoms with Crippen molar-refractivity contribution in [2.24, 2.45) is 5.92 Å². The minimum absolute atomic E-state index is 0.0400. The Kier molecular flexibility index (Phi) is 2.38. The Labute approximate surface area is 73.3 Å². The first-order valence-electron chi connectivity index (χ1n) is 4.34. The molecule has 0 spiro atoms. The molecule has 2 heteroatoms. The molecule has 1 fully saturated rings. The molecule has 1 N–H and O–H groups in total. The molecular weight excluding hydrogens is 152 g/mol. The molecule has 68 valence electrons. The Morgan fingerprint density at radius 3 is 2.75 bits per heavy atom. The third-order valence-corrected chi connectivity index (χ3v) is 2.71. The summed E-state index contributed by atoms with van der Waals surface area (Å²) in [5, 5.41) is 9.56. The second-order valence-electron chi connectivity index (χ2n) is 3.98. The minimum atomic E-state index is -1.08. The third kappa shape index (κ3) is 1.75. The molecule has 2 nitrogen and oxygen atoms in total. The highest BCUT2D eigenvalue weighted by Crippen LogP contribution is 2.32. The van der Waals surface area contributed by atoms with Crippen LogP contribution in [0, 0.1) is 5.92 Å². The molecule has 2 atom stereocenters. The monoisotopic (exact) mass is 168 g/mol. The van der Waals surface area contributed by atoms with Gasteiger partial charge in [0.25, 0.3) is 0 Å². The van der Waals surface area contributed by atoms with Crippen molar-refractivity contribution in [3.63, 3.8) is 0 Å². The highest BCUT2D eigenvalue weighted by molar-refractivity contribution is 5.87. The van der Waals surface area contributed by atoms with Gasteiger partial charge in [0.2, 0.25) is 0 Å². The number of hydrogen-bond donors (Lipinski definition) is 1. The summed E-state index contributed by atoms with van der Waals surface area (Å²) in [6, 6.07) is 0. The van der Waals surface area contributed by atoms with Gasteiger partial charge in [0.05, 0.1) is 0 Å². The molecule has 0 bridgehead atoms. The van der Waals surface area contributed by atoms with E-state index in [1.165, 1.54) is 0 Å². The standard InChI is InChI=1S/C10H16O2/c1-7(2)8-4-5-10(3,12)9(11)6-8/h8,12H,1,4-6H2,2-3H3/t8-,10-/m1/s1. The zero-order chi connectivity index (χ0) is 9.35. The van der Waals surface area contributed by atoms with E-state index in [0.29, 0.717) is 12.8 Å². The Morgan fingerprint density at radius 1 is 1.75 bits per heavy atom. The third-order valence-electron chi connectivity index (χ3n) is 2.71. The predicted octanol–water partition coefficient (Wildman–Crippen LogP) is 1.68. The summed E-state index contributed by atoms with van der Waals surface area (Å²) < 4.78 is 0. The van der Waals surface area contributed by atoms with Gasteiger partial charge in [-0.3, -0.25) is 4.79 Å². The van der Waals surface area contributed by atoms with Crippen LogP contribution in [-0.4, -0.2) is 16.5 Å². The highest BCUT2D eigenvalue weighted by Gasteiger charge is 2.36. The first kappa shape index (κ1) is 9.46. The van der Waals surface area contributed by atoms with E-state index >= 15 is 0 Å². The van der Waals surface area contributed by atoms with Crippen LogP contribution in [0.15, 0.2) is 12.2 Å². The van der Waals surface area contributed by atoms with E-state index in [1.54, 1.807) is 6.92 Å². The van der Waals surface area contributed by atoms with E-state index in [2.05, 4.69) is 6.58 Å². The summed E-state index contributed by atoms with van der Waals surface area (Å²) in [6.45, 7) is 7.37. The van der Waals surface area contributed by atoms with Crippen molar-refractivity contribution < 1.29 is 9.90 Å². The first-order chi connectivity index (χ1) is 5.43. The van der Waals surface area contributed by atoms with Crippen molar-refractivity contribution in [3.8, 4) is 0 Å². The quantitative estimate of drug-likeness (QED) is 0.605. The fourth-order valence-electron chi connectivity index (χ4n) is 1.56. The number of rotatable bonds is 1. The smallest absolute Gasteiger partial charge is 0.164 e. The lowest BCUT2D eigenvalue weighted by Crippen LogP contribution is -2.40. The molecule has 0 unspecified atom stereocenters. The van der Waals surface area contributed by atoms with Crippen molar-refractivity contribution >= 4 is 5.78 Å². The van der Waals surface area contributed by atoms with Gasteiger partial charge < -0.3 is 5.11 Å². The largest absolute Gasteiger partial charge is 0.382 e. The van der Waals surface area contributed by atoms with Crippen LogP contribution >= 0.6 is 0 Å². The average molecular weight is 168 g/mol.